The van der Waals surface area contributed by atoms with Crippen molar-refractivity contribution in [2.75, 3.05) is 18.8 Å². The van der Waals surface area contributed by atoms with Gasteiger partial charge in [-0.05, 0) is 11.6 Å². The van der Waals surface area contributed by atoms with Crippen molar-refractivity contribution in [2.24, 2.45) is 0 Å². The zero-order chi connectivity index (χ0) is 21.5. The number of amides is 1. The minimum absolute atomic E-state index is 0.0606. The smallest absolute Gasteiger partial charge is 0.272 e. The van der Waals surface area contributed by atoms with Crippen LogP contribution in [0.3, 0.4) is 0 Å². The Labute approximate surface area is 184 Å². The summed E-state index contributed by atoms with van der Waals surface area (Å²) in [5, 5.41) is 0.510. The van der Waals surface area contributed by atoms with Crippen LogP contribution in [-0.2, 0) is 11.3 Å². The summed E-state index contributed by atoms with van der Waals surface area (Å²) >= 11 is 2.69. The second kappa shape index (κ2) is 10.2. The monoisotopic (exact) mass is 437 g/mol. The van der Waals surface area contributed by atoms with Crippen LogP contribution in [0.15, 0.2) is 84.3 Å². The van der Waals surface area contributed by atoms with Gasteiger partial charge in [-0.3, -0.25) is 14.2 Å². The van der Waals surface area contributed by atoms with E-state index in [2.05, 4.69) is 19.7 Å². The highest BCUT2D eigenvalue weighted by atomic mass is 32.2. The first-order chi connectivity index (χ1) is 14.6. The van der Waals surface area contributed by atoms with Crippen molar-refractivity contribution in [1.82, 2.24) is 14.5 Å². The number of nitrogens with zero attached hydrogens (tertiary/aromatic N) is 3. The summed E-state index contributed by atoms with van der Waals surface area (Å²) in [5.74, 6) is 0.113. The van der Waals surface area contributed by atoms with Gasteiger partial charge in [-0.2, -0.15) is 0 Å². The maximum atomic E-state index is 13.1. The number of benzene rings is 1. The Hall–Kier alpha value is -2.90. The minimum atomic E-state index is -0.115. The van der Waals surface area contributed by atoms with E-state index in [4.69, 9.17) is 4.98 Å². The molecule has 2 aromatic heterocycles. The van der Waals surface area contributed by atoms with E-state index in [0.29, 0.717) is 35.0 Å². The number of thiophene rings is 1. The standard InChI is InChI=1S/C23H23N3O2S2/c1-4-12-25(13-5-2)20(27)16-29-23-24-18-15-19(17-10-8-7-9-11-17)30-21(18)22(28)26(23)14-6-3/h4-11,15H,1-3,12-14,16H2. The summed E-state index contributed by atoms with van der Waals surface area (Å²) in [6, 6.07) is 11.8. The van der Waals surface area contributed by atoms with E-state index < -0.39 is 0 Å². The fourth-order valence-electron chi connectivity index (χ4n) is 2.94. The predicted molar refractivity (Wildman–Crippen MR) is 127 cm³/mol. The third kappa shape index (κ3) is 4.80. The highest BCUT2D eigenvalue weighted by Gasteiger charge is 2.17. The molecule has 1 amide bonds. The number of fused-ring (bicyclic) bond motifs is 1. The van der Waals surface area contributed by atoms with Crippen LogP contribution in [0.25, 0.3) is 20.7 Å². The molecular formula is C23H23N3O2S2. The lowest BCUT2D eigenvalue weighted by atomic mass is 10.2. The zero-order valence-electron chi connectivity index (χ0n) is 16.6. The van der Waals surface area contributed by atoms with Gasteiger partial charge in [-0.15, -0.1) is 31.1 Å². The molecule has 0 unspecified atom stereocenters. The largest absolute Gasteiger partial charge is 0.335 e. The molecule has 5 nitrogen and oxygen atoms in total. The molecule has 3 aromatic rings. The van der Waals surface area contributed by atoms with Crippen LogP contribution < -0.4 is 5.56 Å². The summed E-state index contributed by atoms with van der Waals surface area (Å²) in [5.41, 5.74) is 1.58. The average Bonchev–Trinajstić information content (AvgIpc) is 3.19. The Bertz CT molecular complexity index is 1120. The first-order valence-corrected chi connectivity index (χ1v) is 11.2. The van der Waals surface area contributed by atoms with Gasteiger partial charge >= 0.3 is 0 Å². The summed E-state index contributed by atoms with van der Waals surface area (Å²) in [7, 11) is 0. The van der Waals surface area contributed by atoms with Crippen LogP contribution in [0.4, 0.5) is 0 Å². The van der Waals surface area contributed by atoms with Crippen LogP contribution in [0, 0.1) is 0 Å². The molecule has 0 aliphatic heterocycles. The quantitative estimate of drug-likeness (QED) is 0.264. The van der Waals surface area contributed by atoms with Crippen molar-refractivity contribution in [2.45, 2.75) is 11.7 Å². The molecule has 30 heavy (non-hydrogen) atoms. The zero-order valence-corrected chi connectivity index (χ0v) is 18.3. The van der Waals surface area contributed by atoms with E-state index >= 15 is 0 Å². The SMILES string of the molecule is C=CCN(CC=C)C(=O)CSc1nc2cc(-c3ccccc3)sc2c(=O)n1CC=C. The number of carbonyl (C=O) groups is 1. The van der Waals surface area contributed by atoms with Gasteiger partial charge < -0.3 is 4.90 Å². The molecule has 2 heterocycles. The topological polar surface area (TPSA) is 55.2 Å². The molecule has 0 saturated heterocycles. The Balaban J connectivity index is 1.95. The van der Waals surface area contributed by atoms with Crippen molar-refractivity contribution >= 4 is 39.2 Å². The number of allylic oxidation sites excluding steroid dienone is 1. The predicted octanol–water partition coefficient (Wildman–Crippen LogP) is 4.60. The van der Waals surface area contributed by atoms with E-state index in [1.807, 2.05) is 36.4 Å². The summed E-state index contributed by atoms with van der Waals surface area (Å²) in [6.45, 7) is 12.4. The Kier molecular flexibility index (Phi) is 7.43. The van der Waals surface area contributed by atoms with Gasteiger partial charge in [0.25, 0.3) is 5.56 Å². The van der Waals surface area contributed by atoms with Gasteiger partial charge in [0, 0.05) is 24.5 Å². The van der Waals surface area contributed by atoms with Crippen molar-refractivity contribution in [1.29, 1.82) is 0 Å². The fourth-order valence-corrected chi connectivity index (χ4v) is 4.91. The van der Waals surface area contributed by atoms with Gasteiger partial charge in [0.05, 0.1) is 11.3 Å². The molecule has 0 spiro atoms. The molecule has 0 radical (unpaired) electrons. The van der Waals surface area contributed by atoms with Crippen molar-refractivity contribution in [3.05, 3.63) is 84.7 Å². The van der Waals surface area contributed by atoms with E-state index in [1.165, 1.54) is 23.1 Å². The van der Waals surface area contributed by atoms with E-state index in [-0.39, 0.29) is 17.2 Å². The molecule has 0 fully saturated rings. The maximum Gasteiger partial charge on any atom is 0.272 e. The Morgan fingerprint density at radius 1 is 1.13 bits per heavy atom. The van der Waals surface area contributed by atoms with E-state index in [9.17, 15) is 9.59 Å². The van der Waals surface area contributed by atoms with Gasteiger partial charge in [-0.25, -0.2) is 4.98 Å². The van der Waals surface area contributed by atoms with Gasteiger partial charge in [0.2, 0.25) is 5.91 Å². The number of thioether (sulfide) groups is 1. The number of carbonyl (C=O) groups excluding carboxylic acids is 1. The van der Waals surface area contributed by atoms with E-state index in [0.717, 1.165) is 10.4 Å². The normalized spacial score (nSPS) is 10.7. The first-order valence-electron chi connectivity index (χ1n) is 9.42. The van der Waals surface area contributed by atoms with Crippen LogP contribution >= 0.6 is 23.1 Å². The van der Waals surface area contributed by atoms with Gasteiger partial charge in [-0.1, -0.05) is 60.3 Å². The van der Waals surface area contributed by atoms with Crippen LogP contribution in [0.5, 0.6) is 0 Å². The Morgan fingerprint density at radius 2 is 1.83 bits per heavy atom. The molecule has 3 rings (SSSR count). The molecule has 0 aliphatic carbocycles. The van der Waals surface area contributed by atoms with Crippen LogP contribution in [-0.4, -0.2) is 39.2 Å². The number of rotatable bonds is 10. The number of hydrogen-bond donors (Lipinski definition) is 0. The second-order valence-corrected chi connectivity index (χ2v) is 8.45. The molecule has 0 aliphatic rings. The summed E-state index contributed by atoms with van der Waals surface area (Å²) < 4.78 is 2.18. The van der Waals surface area contributed by atoms with Crippen LogP contribution in [0.2, 0.25) is 0 Å². The molecule has 1 aromatic carbocycles. The van der Waals surface area contributed by atoms with Gasteiger partial charge in [0.15, 0.2) is 5.16 Å². The van der Waals surface area contributed by atoms with Crippen molar-refractivity contribution < 1.29 is 4.79 Å². The van der Waals surface area contributed by atoms with Crippen LogP contribution in [0.1, 0.15) is 0 Å². The van der Waals surface area contributed by atoms with Crippen molar-refractivity contribution in [3.63, 3.8) is 0 Å². The highest BCUT2D eigenvalue weighted by molar-refractivity contribution is 7.99. The van der Waals surface area contributed by atoms with Gasteiger partial charge in [0.1, 0.15) is 4.70 Å². The molecule has 0 atom stereocenters. The first kappa shape index (κ1) is 21.8. The molecule has 7 heteroatoms. The average molecular weight is 438 g/mol. The lowest BCUT2D eigenvalue weighted by molar-refractivity contribution is -0.127. The summed E-state index contributed by atoms with van der Waals surface area (Å²) in [6.07, 6.45) is 5.02. The third-order valence-corrected chi connectivity index (χ3v) is 6.47. The Morgan fingerprint density at radius 3 is 2.47 bits per heavy atom. The van der Waals surface area contributed by atoms with Crippen molar-refractivity contribution in [3.8, 4) is 10.4 Å². The molecule has 154 valence electrons. The van der Waals surface area contributed by atoms with E-state index in [1.54, 1.807) is 27.7 Å². The molecule has 0 saturated carbocycles. The molecule has 0 bridgehead atoms. The lowest BCUT2D eigenvalue weighted by Crippen LogP contribution is -2.33. The minimum Gasteiger partial charge on any atom is -0.335 e. The molecule has 0 N–H and O–H groups in total. The second-order valence-electron chi connectivity index (χ2n) is 6.45. The third-order valence-electron chi connectivity index (χ3n) is 4.35. The fraction of sp³-hybridized carbons (Fsp3) is 0.174. The maximum absolute atomic E-state index is 13.1. The lowest BCUT2D eigenvalue weighted by Gasteiger charge is -2.19. The summed E-state index contributed by atoms with van der Waals surface area (Å²) in [4.78, 5) is 33.0. The number of aromatic nitrogens is 2. The molecular weight excluding hydrogens is 414 g/mol. The highest BCUT2D eigenvalue weighted by Crippen LogP contribution is 2.32. The number of hydrogen-bond acceptors (Lipinski definition) is 5.